The number of hydrogen-bond acceptors (Lipinski definition) is 7. The number of nitrogens with zero attached hydrogens (tertiary/aromatic N) is 1. The van der Waals surface area contributed by atoms with Crippen molar-refractivity contribution in [2.24, 2.45) is 0 Å². The molecule has 0 saturated heterocycles. The molecule has 9 heteroatoms. The van der Waals surface area contributed by atoms with Crippen LogP contribution >= 0.6 is 0 Å². The van der Waals surface area contributed by atoms with Crippen molar-refractivity contribution in [2.45, 2.75) is 57.7 Å². The van der Waals surface area contributed by atoms with Gasteiger partial charge in [0, 0.05) is 0 Å². The molecule has 0 fully saturated rings. The average Bonchev–Trinajstić information content (AvgIpc) is 2.33. The third kappa shape index (κ3) is 7.55. The molecule has 0 radical (unpaired) electrons. The van der Waals surface area contributed by atoms with E-state index in [0.717, 1.165) is 0 Å². The van der Waals surface area contributed by atoms with Crippen molar-refractivity contribution < 1.29 is 39.9 Å². The standard InChI is InChI=1S/C13H25NO8/c1-7(15)10(19)11(20)8(16)5-14(6-9(17)18)12(21)22-13(2,3)4/h7-8,10-11,15-16,19-20H,5-6H2,1-4H3,(H,17,18)/t7-,8-,10-,11-/m0/s1. The highest BCUT2D eigenvalue weighted by Crippen LogP contribution is 2.12. The van der Waals surface area contributed by atoms with Crippen LogP contribution in [0.2, 0.25) is 0 Å². The zero-order valence-corrected chi connectivity index (χ0v) is 13.1. The second kappa shape index (κ2) is 8.28. The summed E-state index contributed by atoms with van der Waals surface area (Å²) in [6.07, 6.45) is -7.33. The van der Waals surface area contributed by atoms with Crippen LogP contribution in [0.3, 0.4) is 0 Å². The van der Waals surface area contributed by atoms with Crippen molar-refractivity contribution in [1.29, 1.82) is 0 Å². The van der Waals surface area contributed by atoms with Crippen molar-refractivity contribution >= 4 is 12.1 Å². The molecule has 0 aromatic heterocycles. The van der Waals surface area contributed by atoms with Crippen molar-refractivity contribution in [2.75, 3.05) is 13.1 Å². The Morgan fingerprint density at radius 3 is 1.95 bits per heavy atom. The zero-order chi connectivity index (χ0) is 17.7. The lowest BCUT2D eigenvalue weighted by Gasteiger charge is -2.30. The molecule has 0 rings (SSSR count). The molecule has 0 unspecified atom stereocenters. The lowest BCUT2D eigenvalue weighted by atomic mass is 10.0. The van der Waals surface area contributed by atoms with E-state index in [1.165, 1.54) is 6.92 Å². The highest BCUT2D eigenvalue weighted by atomic mass is 16.6. The number of aliphatic hydroxyl groups is 4. The van der Waals surface area contributed by atoms with Gasteiger partial charge in [0.25, 0.3) is 0 Å². The summed E-state index contributed by atoms with van der Waals surface area (Å²) in [4.78, 5) is 23.4. The van der Waals surface area contributed by atoms with Gasteiger partial charge < -0.3 is 30.3 Å². The minimum atomic E-state index is -1.75. The van der Waals surface area contributed by atoms with E-state index in [-0.39, 0.29) is 0 Å². The predicted octanol–water partition coefficient (Wildman–Crippen LogP) is -1.23. The molecule has 0 aliphatic heterocycles. The summed E-state index contributed by atoms with van der Waals surface area (Å²) in [6.45, 7) is 4.66. The van der Waals surface area contributed by atoms with Crippen molar-refractivity contribution in [1.82, 2.24) is 4.90 Å². The van der Waals surface area contributed by atoms with Crippen LogP contribution in [0.4, 0.5) is 4.79 Å². The normalized spacial score (nSPS) is 17.3. The fourth-order valence-electron chi connectivity index (χ4n) is 1.54. The van der Waals surface area contributed by atoms with Gasteiger partial charge in [-0.05, 0) is 27.7 Å². The van der Waals surface area contributed by atoms with Crippen LogP contribution in [-0.4, -0.2) is 85.6 Å². The zero-order valence-electron chi connectivity index (χ0n) is 13.1. The van der Waals surface area contributed by atoms with Gasteiger partial charge in [0.05, 0.1) is 12.6 Å². The van der Waals surface area contributed by atoms with Gasteiger partial charge >= 0.3 is 12.1 Å². The Balaban J connectivity index is 4.91. The molecule has 5 N–H and O–H groups in total. The maximum Gasteiger partial charge on any atom is 0.410 e. The number of carbonyl (C=O) groups is 2. The Morgan fingerprint density at radius 2 is 1.59 bits per heavy atom. The maximum atomic E-state index is 11.9. The SMILES string of the molecule is C[C@H](O)[C@H](O)[C@@H](O)[C@@H](O)CN(CC(=O)O)C(=O)OC(C)(C)C. The van der Waals surface area contributed by atoms with Crippen LogP contribution in [0.1, 0.15) is 27.7 Å². The molecule has 0 heterocycles. The van der Waals surface area contributed by atoms with E-state index < -0.39 is 55.2 Å². The van der Waals surface area contributed by atoms with Crippen molar-refractivity contribution in [3.63, 3.8) is 0 Å². The average molecular weight is 323 g/mol. The van der Waals surface area contributed by atoms with E-state index in [4.69, 9.17) is 14.9 Å². The largest absolute Gasteiger partial charge is 0.480 e. The number of rotatable bonds is 7. The molecular weight excluding hydrogens is 298 g/mol. The molecule has 130 valence electrons. The molecule has 4 atom stereocenters. The summed E-state index contributed by atoms with van der Waals surface area (Å²) >= 11 is 0. The molecule has 1 amide bonds. The van der Waals surface area contributed by atoms with E-state index in [1.54, 1.807) is 20.8 Å². The van der Waals surface area contributed by atoms with Gasteiger partial charge in [0.1, 0.15) is 30.5 Å². The Hall–Kier alpha value is -1.42. The summed E-state index contributed by atoms with van der Waals surface area (Å²) in [6, 6.07) is 0. The second-order valence-corrected chi connectivity index (χ2v) is 6.04. The number of carboxylic acid groups (broad SMARTS) is 1. The topological polar surface area (TPSA) is 148 Å². The van der Waals surface area contributed by atoms with Crippen molar-refractivity contribution in [3.8, 4) is 0 Å². The molecule has 0 aliphatic carbocycles. The van der Waals surface area contributed by atoms with Crippen LogP contribution in [0.5, 0.6) is 0 Å². The second-order valence-electron chi connectivity index (χ2n) is 6.04. The van der Waals surface area contributed by atoms with Gasteiger partial charge in [0.2, 0.25) is 0 Å². The van der Waals surface area contributed by atoms with Crippen LogP contribution in [0.25, 0.3) is 0 Å². The smallest absolute Gasteiger partial charge is 0.410 e. The quantitative estimate of drug-likeness (QED) is 0.391. The van der Waals surface area contributed by atoms with Crippen molar-refractivity contribution in [3.05, 3.63) is 0 Å². The van der Waals surface area contributed by atoms with Gasteiger partial charge in [-0.3, -0.25) is 9.69 Å². The first-order chi connectivity index (χ1) is 9.85. The predicted molar refractivity (Wildman–Crippen MR) is 75.1 cm³/mol. The van der Waals surface area contributed by atoms with Crippen LogP contribution in [-0.2, 0) is 9.53 Å². The van der Waals surface area contributed by atoms with E-state index in [9.17, 15) is 24.9 Å². The molecule has 0 spiro atoms. The molecule has 0 aromatic carbocycles. The van der Waals surface area contributed by atoms with Gasteiger partial charge in [-0.25, -0.2) is 4.79 Å². The van der Waals surface area contributed by atoms with E-state index in [2.05, 4.69) is 0 Å². The van der Waals surface area contributed by atoms with E-state index in [0.29, 0.717) is 4.90 Å². The number of amides is 1. The summed E-state index contributed by atoms with van der Waals surface area (Å²) in [5, 5.41) is 46.9. The number of aliphatic carboxylic acids is 1. The van der Waals surface area contributed by atoms with Gasteiger partial charge in [-0.15, -0.1) is 0 Å². The van der Waals surface area contributed by atoms with Gasteiger partial charge in [-0.2, -0.15) is 0 Å². The summed E-state index contributed by atoms with van der Waals surface area (Å²) < 4.78 is 5.01. The van der Waals surface area contributed by atoms with Crippen LogP contribution < -0.4 is 0 Å². The molecule has 0 aliphatic rings. The molecule has 0 saturated carbocycles. The summed E-state index contributed by atoms with van der Waals surface area (Å²) in [5.41, 5.74) is -0.865. The third-order valence-electron chi connectivity index (χ3n) is 2.62. The Kier molecular flexibility index (Phi) is 7.74. The fraction of sp³-hybridized carbons (Fsp3) is 0.846. The molecule has 9 nitrogen and oxygen atoms in total. The Morgan fingerprint density at radius 1 is 1.09 bits per heavy atom. The minimum absolute atomic E-state index is 0.577. The van der Waals surface area contributed by atoms with Crippen LogP contribution in [0, 0.1) is 0 Å². The molecule has 22 heavy (non-hydrogen) atoms. The lowest BCUT2D eigenvalue weighted by Crippen LogP contribution is -2.51. The Bertz CT molecular complexity index is 379. The number of aliphatic hydroxyl groups excluding tert-OH is 4. The fourth-order valence-corrected chi connectivity index (χ4v) is 1.54. The third-order valence-corrected chi connectivity index (χ3v) is 2.62. The highest BCUT2D eigenvalue weighted by Gasteiger charge is 2.32. The molecule has 0 bridgehead atoms. The molecule has 0 aromatic rings. The number of ether oxygens (including phenoxy) is 1. The van der Waals surface area contributed by atoms with E-state index in [1.807, 2.05) is 0 Å². The highest BCUT2D eigenvalue weighted by molar-refractivity contribution is 5.76. The summed E-state index contributed by atoms with van der Waals surface area (Å²) in [5.74, 6) is -1.33. The summed E-state index contributed by atoms with van der Waals surface area (Å²) in [7, 11) is 0. The first-order valence-corrected chi connectivity index (χ1v) is 6.77. The van der Waals surface area contributed by atoms with E-state index >= 15 is 0 Å². The first-order valence-electron chi connectivity index (χ1n) is 6.77. The number of carbonyl (C=O) groups excluding carboxylic acids is 1. The van der Waals surface area contributed by atoms with Crippen LogP contribution in [0.15, 0.2) is 0 Å². The number of hydrogen-bond donors (Lipinski definition) is 5. The monoisotopic (exact) mass is 323 g/mol. The maximum absolute atomic E-state index is 11.9. The van der Waals surface area contributed by atoms with Gasteiger partial charge in [0.15, 0.2) is 0 Å². The lowest BCUT2D eigenvalue weighted by molar-refractivity contribution is -0.139. The Labute approximate surface area is 128 Å². The molecular formula is C13H25NO8. The minimum Gasteiger partial charge on any atom is -0.480 e. The number of carboxylic acids is 1. The first kappa shape index (κ1) is 20.6. The van der Waals surface area contributed by atoms with Gasteiger partial charge in [-0.1, -0.05) is 0 Å².